The van der Waals surface area contributed by atoms with E-state index < -0.39 is 0 Å². The maximum atomic E-state index is 10.8. The molecule has 1 aromatic carbocycles. The van der Waals surface area contributed by atoms with Crippen LogP contribution in [0.5, 0.6) is 0 Å². The largest absolute Gasteiger partial charge is 0.396 e. The maximum Gasteiger partial charge on any atom is 0.272 e. The van der Waals surface area contributed by atoms with E-state index >= 15 is 0 Å². The van der Waals surface area contributed by atoms with Crippen LogP contribution in [0, 0.1) is 15.5 Å². The molecule has 98 valence electrons. The first-order chi connectivity index (χ1) is 8.67. The molecule has 5 nitrogen and oxygen atoms in total. The second kappa shape index (κ2) is 5.46. The summed E-state index contributed by atoms with van der Waals surface area (Å²) in [5, 5.41) is 23.3. The molecular weight excluding hydrogens is 232 g/mol. The number of nitro benzene ring substituents is 1. The first-order valence-electron chi connectivity index (χ1n) is 6.21. The van der Waals surface area contributed by atoms with Gasteiger partial charge in [0.25, 0.3) is 5.69 Å². The summed E-state index contributed by atoms with van der Waals surface area (Å²) < 4.78 is 0. The Balaban J connectivity index is 1.81. The van der Waals surface area contributed by atoms with Crippen molar-refractivity contribution in [3.05, 3.63) is 39.9 Å². The molecule has 0 aliphatic heterocycles. The molecule has 2 rings (SSSR count). The Morgan fingerprint density at radius 1 is 1.39 bits per heavy atom. The molecule has 0 unspecified atom stereocenters. The minimum absolute atomic E-state index is 0.0859. The number of hydrogen-bond donors (Lipinski definition) is 2. The molecule has 1 aromatic rings. The predicted octanol–water partition coefficient (Wildman–Crippen LogP) is 1.50. The fourth-order valence-corrected chi connectivity index (χ4v) is 2.04. The van der Waals surface area contributed by atoms with E-state index in [2.05, 4.69) is 5.32 Å². The van der Waals surface area contributed by atoms with Gasteiger partial charge in [-0.2, -0.15) is 0 Å². The molecule has 0 aromatic heterocycles. The summed E-state index contributed by atoms with van der Waals surface area (Å²) in [6, 6.07) is 6.82. The zero-order chi connectivity index (χ0) is 13.0. The number of rotatable bonds is 7. The van der Waals surface area contributed by atoms with E-state index in [0.717, 1.165) is 24.9 Å². The molecule has 1 aliphatic carbocycles. The molecule has 0 saturated heterocycles. The maximum absolute atomic E-state index is 10.8. The smallest absolute Gasteiger partial charge is 0.272 e. The number of nitro groups is 1. The molecule has 5 heteroatoms. The highest BCUT2D eigenvalue weighted by molar-refractivity contribution is 5.39. The Labute approximate surface area is 106 Å². The van der Waals surface area contributed by atoms with Crippen LogP contribution in [0.25, 0.3) is 0 Å². The van der Waals surface area contributed by atoms with Crippen molar-refractivity contribution in [2.75, 3.05) is 19.7 Å². The van der Waals surface area contributed by atoms with E-state index in [4.69, 9.17) is 5.11 Å². The summed E-state index contributed by atoms with van der Waals surface area (Å²) >= 11 is 0. The third kappa shape index (κ3) is 3.05. The van der Waals surface area contributed by atoms with Gasteiger partial charge in [0.1, 0.15) is 0 Å². The standard InChI is InChI=1S/C13H18N2O3/c16-10-13(6-7-13)9-14-8-5-11-3-1-2-4-12(11)15(17)18/h1-4,14,16H,5-10H2. The fourth-order valence-electron chi connectivity index (χ4n) is 2.04. The molecule has 0 amide bonds. The van der Waals surface area contributed by atoms with Gasteiger partial charge in [-0.05, 0) is 25.8 Å². The van der Waals surface area contributed by atoms with Crippen LogP contribution in [0.4, 0.5) is 5.69 Å². The monoisotopic (exact) mass is 250 g/mol. The van der Waals surface area contributed by atoms with Crippen LogP contribution in [-0.2, 0) is 6.42 Å². The zero-order valence-electron chi connectivity index (χ0n) is 10.3. The molecule has 2 N–H and O–H groups in total. The van der Waals surface area contributed by atoms with E-state index in [-0.39, 0.29) is 22.6 Å². The van der Waals surface area contributed by atoms with Crippen molar-refractivity contribution in [2.45, 2.75) is 19.3 Å². The summed E-state index contributed by atoms with van der Waals surface area (Å²) in [4.78, 5) is 10.5. The molecule has 0 spiro atoms. The minimum atomic E-state index is -0.342. The lowest BCUT2D eigenvalue weighted by Crippen LogP contribution is -2.28. The summed E-state index contributed by atoms with van der Waals surface area (Å²) in [7, 11) is 0. The van der Waals surface area contributed by atoms with Gasteiger partial charge in [-0.25, -0.2) is 0 Å². The highest BCUT2D eigenvalue weighted by Crippen LogP contribution is 2.44. The van der Waals surface area contributed by atoms with Crippen molar-refractivity contribution in [1.29, 1.82) is 0 Å². The quantitative estimate of drug-likeness (QED) is 0.437. The first kappa shape index (κ1) is 13.0. The molecule has 0 radical (unpaired) electrons. The minimum Gasteiger partial charge on any atom is -0.396 e. The Hall–Kier alpha value is -1.46. The number of aliphatic hydroxyl groups excluding tert-OH is 1. The van der Waals surface area contributed by atoms with Crippen LogP contribution < -0.4 is 5.32 Å². The number of para-hydroxylation sites is 1. The van der Waals surface area contributed by atoms with Crippen LogP contribution in [0.3, 0.4) is 0 Å². The summed E-state index contributed by atoms with van der Waals surface area (Å²) in [6.07, 6.45) is 2.78. The third-order valence-corrected chi connectivity index (χ3v) is 3.55. The molecule has 1 aliphatic rings. The van der Waals surface area contributed by atoms with Gasteiger partial charge in [0.2, 0.25) is 0 Å². The molecule has 0 heterocycles. The topological polar surface area (TPSA) is 75.4 Å². The lowest BCUT2D eigenvalue weighted by Gasteiger charge is -2.12. The summed E-state index contributed by atoms with van der Waals surface area (Å²) in [5.41, 5.74) is 1.02. The van der Waals surface area contributed by atoms with E-state index in [1.807, 2.05) is 6.07 Å². The van der Waals surface area contributed by atoms with Crippen molar-refractivity contribution in [2.24, 2.45) is 5.41 Å². The SMILES string of the molecule is O=[N+]([O-])c1ccccc1CCNCC1(CO)CC1. The number of nitrogens with zero attached hydrogens (tertiary/aromatic N) is 1. The Bertz CT molecular complexity index is 430. The van der Waals surface area contributed by atoms with Gasteiger partial charge in [0, 0.05) is 30.2 Å². The highest BCUT2D eigenvalue weighted by atomic mass is 16.6. The van der Waals surface area contributed by atoms with Crippen LogP contribution in [-0.4, -0.2) is 29.7 Å². The number of benzene rings is 1. The second-order valence-electron chi connectivity index (χ2n) is 4.97. The van der Waals surface area contributed by atoms with Gasteiger partial charge in [-0.15, -0.1) is 0 Å². The Morgan fingerprint density at radius 3 is 2.72 bits per heavy atom. The summed E-state index contributed by atoms with van der Waals surface area (Å²) in [5.74, 6) is 0. The number of hydrogen-bond acceptors (Lipinski definition) is 4. The van der Waals surface area contributed by atoms with Gasteiger partial charge in [-0.1, -0.05) is 18.2 Å². The Kier molecular flexibility index (Phi) is 3.93. The van der Waals surface area contributed by atoms with Gasteiger partial charge >= 0.3 is 0 Å². The van der Waals surface area contributed by atoms with Crippen molar-refractivity contribution >= 4 is 5.69 Å². The van der Waals surface area contributed by atoms with Crippen LogP contribution in [0.2, 0.25) is 0 Å². The molecule has 1 saturated carbocycles. The van der Waals surface area contributed by atoms with Crippen molar-refractivity contribution < 1.29 is 10.0 Å². The van der Waals surface area contributed by atoms with E-state index in [0.29, 0.717) is 13.0 Å². The molecule has 18 heavy (non-hydrogen) atoms. The number of nitrogens with one attached hydrogen (secondary N) is 1. The van der Waals surface area contributed by atoms with Crippen molar-refractivity contribution in [1.82, 2.24) is 5.32 Å². The normalized spacial score (nSPS) is 16.5. The van der Waals surface area contributed by atoms with E-state index in [1.54, 1.807) is 12.1 Å². The highest BCUT2D eigenvalue weighted by Gasteiger charge is 2.41. The van der Waals surface area contributed by atoms with E-state index in [9.17, 15) is 10.1 Å². The van der Waals surface area contributed by atoms with Gasteiger partial charge in [0.05, 0.1) is 4.92 Å². The lowest BCUT2D eigenvalue weighted by molar-refractivity contribution is -0.385. The predicted molar refractivity (Wildman–Crippen MR) is 68.4 cm³/mol. The van der Waals surface area contributed by atoms with Gasteiger partial charge in [-0.3, -0.25) is 10.1 Å². The van der Waals surface area contributed by atoms with E-state index in [1.165, 1.54) is 6.07 Å². The molecular formula is C13H18N2O3. The lowest BCUT2D eigenvalue weighted by atomic mass is 10.1. The van der Waals surface area contributed by atoms with Crippen LogP contribution in [0.15, 0.2) is 24.3 Å². The van der Waals surface area contributed by atoms with Gasteiger partial charge in [0.15, 0.2) is 0 Å². The summed E-state index contributed by atoms with van der Waals surface area (Å²) in [6.45, 7) is 1.72. The number of aliphatic hydroxyl groups is 1. The van der Waals surface area contributed by atoms with Crippen LogP contribution in [0.1, 0.15) is 18.4 Å². The average molecular weight is 250 g/mol. The second-order valence-corrected chi connectivity index (χ2v) is 4.97. The third-order valence-electron chi connectivity index (χ3n) is 3.55. The average Bonchev–Trinajstić information content (AvgIpc) is 3.16. The van der Waals surface area contributed by atoms with Crippen molar-refractivity contribution in [3.63, 3.8) is 0 Å². The molecule has 0 bridgehead atoms. The molecule has 1 fully saturated rings. The van der Waals surface area contributed by atoms with Crippen LogP contribution >= 0.6 is 0 Å². The Morgan fingerprint density at radius 2 is 2.11 bits per heavy atom. The first-order valence-corrected chi connectivity index (χ1v) is 6.21. The van der Waals surface area contributed by atoms with Gasteiger partial charge < -0.3 is 10.4 Å². The molecule has 0 atom stereocenters. The fraction of sp³-hybridized carbons (Fsp3) is 0.538. The zero-order valence-corrected chi connectivity index (χ0v) is 10.3. The van der Waals surface area contributed by atoms with Crippen molar-refractivity contribution in [3.8, 4) is 0 Å².